The summed E-state index contributed by atoms with van der Waals surface area (Å²) in [5.41, 5.74) is 0.116. The number of piperidine rings is 1. The van der Waals surface area contributed by atoms with Crippen molar-refractivity contribution in [3.63, 3.8) is 0 Å². The van der Waals surface area contributed by atoms with Crippen molar-refractivity contribution < 1.29 is 19.1 Å². The Morgan fingerprint density at radius 2 is 1.85 bits per heavy atom. The van der Waals surface area contributed by atoms with Gasteiger partial charge in [-0.2, -0.15) is 0 Å². The van der Waals surface area contributed by atoms with E-state index >= 15 is 0 Å². The third-order valence-corrected chi connectivity index (χ3v) is 8.34. The molecular formula is C19H24I3NO4. The Morgan fingerprint density at radius 1 is 1.19 bits per heavy atom. The SMILES string of the molecule is CC(C)(OC(=O)CCCOC(=O)c1cc(I)cc(I)c1I)C1CCNCC1. The molecule has 1 saturated heterocycles. The smallest absolute Gasteiger partial charge is 0.339 e. The van der Waals surface area contributed by atoms with Crippen molar-refractivity contribution in [2.24, 2.45) is 5.92 Å². The highest BCUT2D eigenvalue weighted by Crippen LogP contribution is 2.29. The number of hydrogen-bond donors (Lipinski definition) is 1. The second-order valence-electron chi connectivity index (χ2n) is 7.09. The molecule has 2 rings (SSSR count). The summed E-state index contributed by atoms with van der Waals surface area (Å²) in [6.07, 6.45) is 2.75. The van der Waals surface area contributed by atoms with Crippen LogP contribution in [0.4, 0.5) is 0 Å². The molecule has 1 fully saturated rings. The first-order valence-corrected chi connectivity index (χ1v) is 12.2. The van der Waals surface area contributed by atoms with Crippen molar-refractivity contribution in [1.82, 2.24) is 5.32 Å². The minimum Gasteiger partial charge on any atom is -0.462 e. The highest BCUT2D eigenvalue weighted by atomic mass is 127. The van der Waals surface area contributed by atoms with Gasteiger partial charge in [0.1, 0.15) is 5.60 Å². The Bertz CT molecular complexity index is 688. The summed E-state index contributed by atoms with van der Waals surface area (Å²) in [6, 6.07) is 3.84. The lowest BCUT2D eigenvalue weighted by Gasteiger charge is -2.36. The van der Waals surface area contributed by atoms with Crippen LogP contribution in [0, 0.1) is 16.6 Å². The molecule has 150 valence electrons. The molecule has 27 heavy (non-hydrogen) atoms. The van der Waals surface area contributed by atoms with Crippen molar-refractivity contribution >= 4 is 79.7 Å². The summed E-state index contributed by atoms with van der Waals surface area (Å²) in [7, 11) is 0. The van der Waals surface area contributed by atoms with E-state index in [1.807, 2.05) is 26.0 Å². The highest BCUT2D eigenvalue weighted by Gasteiger charge is 2.33. The molecule has 0 amide bonds. The highest BCUT2D eigenvalue weighted by molar-refractivity contribution is 14.1. The Hall–Kier alpha value is 0.310. The lowest BCUT2D eigenvalue weighted by molar-refractivity contribution is -0.163. The Balaban J connectivity index is 1.76. The molecule has 0 atom stereocenters. The predicted molar refractivity (Wildman–Crippen MR) is 130 cm³/mol. The number of carbonyl (C=O) groups excluding carboxylic acids is 2. The van der Waals surface area contributed by atoms with Gasteiger partial charge in [0.15, 0.2) is 0 Å². The van der Waals surface area contributed by atoms with E-state index in [1.165, 1.54) is 0 Å². The molecule has 8 heteroatoms. The fourth-order valence-electron chi connectivity index (χ4n) is 3.11. The van der Waals surface area contributed by atoms with E-state index in [-0.39, 0.29) is 25.0 Å². The van der Waals surface area contributed by atoms with E-state index in [0.29, 0.717) is 17.9 Å². The van der Waals surface area contributed by atoms with Crippen LogP contribution in [0.15, 0.2) is 12.1 Å². The van der Waals surface area contributed by atoms with Crippen LogP contribution in [0.3, 0.4) is 0 Å². The van der Waals surface area contributed by atoms with Crippen molar-refractivity contribution in [2.75, 3.05) is 19.7 Å². The summed E-state index contributed by atoms with van der Waals surface area (Å²) in [5.74, 6) is -0.196. The van der Waals surface area contributed by atoms with Crippen molar-refractivity contribution in [3.05, 3.63) is 28.4 Å². The summed E-state index contributed by atoms with van der Waals surface area (Å²) >= 11 is 6.55. The largest absolute Gasteiger partial charge is 0.462 e. The number of halogens is 3. The van der Waals surface area contributed by atoms with E-state index in [4.69, 9.17) is 9.47 Å². The van der Waals surface area contributed by atoms with Gasteiger partial charge in [0.25, 0.3) is 0 Å². The van der Waals surface area contributed by atoms with Gasteiger partial charge >= 0.3 is 11.9 Å². The second kappa shape index (κ2) is 10.9. The summed E-state index contributed by atoms with van der Waals surface area (Å²) in [4.78, 5) is 24.5. The van der Waals surface area contributed by atoms with Crippen LogP contribution < -0.4 is 5.32 Å². The molecule has 1 aliphatic rings. The van der Waals surface area contributed by atoms with Gasteiger partial charge in [-0.1, -0.05) is 0 Å². The van der Waals surface area contributed by atoms with Crippen LogP contribution >= 0.6 is 67.8 Å². The number of esters is 2. The number of benzene rings is 1. The predicted octanol–water partition coefficient (Wildman–Crippen LogP) is 4.76. The van der Waals surface area contributed by atoms with Gasteiger partial charge in [0, 0.05) is 23.0 Å². The molecule has 0 spiro atoms. The fraction of sp³-hybridized carbons (Fsp3) is 0.579. The Morgan fingerprint density at radius 3 is 2.52 bits per heavy atom. The zero-order valence-corrected chi connectivity index (χ0v) is 21.9. The van der Waals surface area contributed by atoms with E-state index in [1.54, 1.807) is 0 Å². The molecule has 0 bridgehead atoms. The first-order chi connectivity index (χ1) is 12.7. The van der Waals surface area contributed by atoms with Crippen LogP contribution in [-0.4, -0.2) is 37.2 Å². The van der Waals surface area contributed by atoms with Crippen LogP contribution in [0.5, 0.6) is 0 Å². The molecule has 0 aromatic heterocycles. The maximum absolute atomic E-state index is 12.3. The van der Waals surface area contributed by atoms with Gasteiger partial charge in [-0.3, -0.25) is 4.79 Å². The van der Waals surface area contributed by atoms with Crippen molar-refractivity contribution in [1.29, 1.82) is 0 Å². The normalized spacial score (nSPS) is 15.4. The minimum atomic E-state index is -0.455. The van der Waals surface area contributed by atoms with E-state index in [9.17, 15) is 9.59 Å². The number of ether oxygens (including phenoxy) is 2. The lowest BCUT2D eigenvalue weighted by atomic mass is 9.83. The van der Waals surface area contributed by atoms with Gasteiger partial charge in [0.05, 0.1) is 12.2 Å². The van der Waals surface area contributed by atoms with Crippen molar-refractivity contribution in [3.8, 4) is 0 Å². The summed E-state index contributed by atoms with van der Waals surface area (Å²) in [5, 5.41) is 3.33. The number of nitrogens with one attached hydrogen (secondary N) is 1. The molecule has 1 aromatic carbocycles. The molecule has 0 radical (unpaired) electrons. The van der Waals surface area contributed by atoms with Gasteiger partial charge in [-0.25, -0.2) is 4.79 Å². The molecule has 1 aliphatic heterocycles. The summed E-state index contributed by atoms with van der Waals surface area (Å²) < 4.78 is 14.0. The molecule has 0 aliphatic carbocycles. The maximum Gasteiger partial charge on any atom is 0.339 e. The zero-order valence-electron chi connectivity index (χ0n) is 15.4. The van der Waals surface area contributed by atoms with E-state index in [0.717, 1.165) is 36.6 Å². The molecule has 1 N–H and O–H groups in total. The van der Waals surface area contributed by atoms with Crippen LogP contribution in [0.1, 0.15) is 49.9 Å². The average molecular weight is 711 g/mol. The minimum absolute atomic E-state index is 0.208. The first kappa shape index (κ1) is 23.6. The van der Waals surface area contributed by atoms with Gasteiger partial charge in [0.2, 0.25) is 0 Å². The van der Waals surface area contributed by atoms with Gasteiger partial charge < -0.3 is 14.8 Å². The number of carbonyl (C=O) groups is 2. The van der Waals surface area contributed by atoms with Crippen molar-refractivity contribution in [2.45, 2.75) is 45.1 Å². The average Bonchev–Trinajstić information content (AvgIpc) is 2.62. The fourth-order valence-corrected chi connectivity index (χ4v) is 5.48. The topological polar surface area (TPSA) is 64.6 Å². The zero-order chi connectivity index (χ0) is 20.0. The maximum atomic E-state index is 12.3. The number of rotatable bonds is 7. The van der Waals surface area contributed by atoms with Crippen LogP contribution in [0.2, 0.25) is 0 Å². The molecule has 1 aromatic rings. The standard InChI is InChI=1S/C19H24I3NO4/c1-19(2,12-5-7-23-8-6-12)27-16(24)4-3-9-26-18(25)14-10-13(20)11-15(21)17(14)22/h10-12,23H,3-9H2,1-2H3. The first-order valence-electron chi connectivity index (χ1n) is 8.95. The van der Waals surface area contributed by atoms with Gasteiger partial charge in [-0.15, -0.1) is 0 Å². The second-order valence-corrected chi connectivity index (χ2v) is 10.6. The molecule has 0 saturated carbocycles. The van der Waals surface area contributed by atoms with Gasteiger partial charge in [-0.05, 0) is 126 Å². The third kappa shape index (κ3) is 7.25. The van der Waals surface area contributed by atoms with E-state index in [2.05, 4.69) is 73.1 Å². The third-order valence-electron chi connectivity index (χ3n) is 4.67. The quantitative estimate of drug-likeness (QED) is 0.192. The number of hydrogen-bond acceptors (Lipinski definition) is 5. The molecule has 0 unspecified atom stereocenters. The van der Waals surface area contributed by atoms with Crippen LogP contribution in [0.25, 0.3) is 0 Å². The summed E-state index contributed by atoms with van der Waals surface area (Å²) in [6.45, 7) is 6.12. The van der Waals surface area contributed by atoms with Crippen LogP contribution in [-0.2, 0) is 14.3 Å². The Labute approximate surface area is 201 Å². The molecule has 1 heterocycles. The monoisotopic (exact) mass is 711 g/mol. The Kier molecular flexibility index (Phi) is 9.53. The molecule has 5 nitrogen and oxygen atoms in total. The molecular weight excluding hydrogens is 687 g/mol. The lowest BCUT2D eigenvalue weighted by Crippen LogP contribution is -2.42. The van der Waals surface area contributed by atoms with E-state index < -0.39 is 5.60 Å².